The molecule has 0 aromatic heterocycles. The van der Waals surface area contributed by atoms with Crippen LogP contribution in [0.2, 0.25) is 0 Å². The van der Waals surface area contributed by atoms with Crippen LogP contribution in [-0.2, 0) is 11.0 Å². The van der Waals surface area contributed by atoms with Crippen LogP contribution in [0.5, 0.6) is 5.75 Å². The van der Waals surface area contributed by atoms with E-state index in [0.717, 1.165) is 23.4 Å². The quantitative estimate of drug-likeness (QED) is 0.768. The topological polar surface area (TPSA) is 62.4 Å². The van der Waals surface area contributed by atoms with Gasteiger partial charge in [-0.3, -0.25) is 4.79 Å². The van der Waals surface area contributed by atoms with E-state index >= 15 is 0 Å². The van der Waals surface area contributed by atoms with Gasteiger partial charge in [-0.1, -0.05) is 24.3 Å². The molecule has 136 valence electrons. The molecule has 3 N–H and O–H groups in total. The van der Waals surface area contributed by atoms with E-state index in [9.17, 15) is 18.0 Å². The smallest absolute Gasteiger partial charge is 0.416 e. The van der Waals surface area contributed by atoms with E-state index in [4.69, 9.17) is 4.74 Å². The predicted octanol–water partition coefficient (Wildman–Crippen LogP) is 2.87. The molecule has 26 heavy (non-hydrogen) atoms. The molecule has 2 aliphatic rings. The zero-order chi connectivity index (χ0) is 18.3. The molecular weight excluding hydrogens is 347 g/mol. The molecule has 1 amide bonds. The lowest BCUT2D eigenvalue weighted by atomic mass is 9.87. The number of fused-ring (bicyclic) bond motifs is 3. The highest BCUT2D eigenvalue weighted by atomic mass is 19.4. The Balaban J connectivity index is 1.50. The van der Waals surface area contributed by atoms with Crippen LogP contribution in [0.15, 0.2) is 48.5 Å². The fraction of sp³-hybridized carbons (Fsp3) is 0.278. The van der Waals surface area contributed by atoms with Gasteiger partial charge in [-0.2, -0.15) is 13.2 Å². The van der Waals surface area contributed by atoms with Crippen LogP contribution in [0, 0.1) is 5.92 Å². The lowest BCUT2D eigenvalue weighted by molar-refractivity contribution is -0.137. The van der Waals surface area contributed by atoms with Crippen LogP contribution in [0.4, 0.5) is 18.9 Å². The van der Waals surface area contributed by atoms with E-state index in [1.165, 1.54) is 12.1 Å². The minimum atomic E-state index is -4.46. The molecule has 0 saturated carbocycles. The van der Waals surface area contributed by atoms with Crippen molar-refractivity contribution in [2.45, 2.75) is 18.3 Å². The number of carbonyl (C=O) groups excluding carboxylic acids is 1. The van der Waals surface area contributed by atoms with Gasteiger partial charge in [-0.15, -0.1) is 0 Å². The molecule has 4 rings (SSSR count). The number of carbonyl (C=O) groups is 1. The Labute approximate surface area is 147 Å². The van der Waals surface area contributed by atoms with Crippen molar-refractivity contribution in [2.75, 3.05) is 11.9 Å². The predicted molar refractivity (Wildman–Crippen MR) is 88.3 cm³/mol. The summed E-state index contributed by atoms with van der Waals surface area (Å²) in [6, 6.07) is 11.4. The third kappa shape index (κ3) is 3.02. The second-order valence-electron chi connectivity index (χ2n) is 6.32. The van der Waals surface area contributed by atoms with E-state index < -0.39 is 23.7 Å². The van der Waals surface area contributed by atoms with E-state index in [1.807, 2.05) is 24.3 Å². The Kier molecular flexibility index (Phi) is 4.08. The maximum Gasteiger partial charge on any atom is 0.416 e. The van der Waals surface area contributed by atoms with Crippen molar-refractivity contribution in [1.82, 2.24) is 10.9 Å². The molecule has 0 radical (unpaired) electrons. The Hall–Kier alpha value is -2.58. The first-order valence-electron chi connectivity index (χ1n) is 8.14. The molecule has 1 fully saturated rings. The number of para-hydroxylation sites is 1. The zero-order valence-corrected chi connectivity index (χ0v) is 13.5. The number of alkyl halides is 3. The van der Waals surface area contributed by atoms with Gasteiger partial charge in [0.1, 0.15) is 11.8 Å². The molecule has 2 aliphatic heterocycles. The number of benzene rings is 2. The van der Waals surface area contributed by atoms with Crippen molar-refractivity contribution in [3.8, 4) is 5.75 Å². The molecule has 3 atom stereocenters. The largest absolute Gasteiger partial charge is 0.493 e. The normalized spacial score (nSPS) is 24.3. The number of amides is 1. The summed E-state index contributed by atoms with van der Waals surface area (Å²) in [7, 11) is 0. The first-order chi connectivity index (χ1) is 12.4. The summed E-state index contributed by atoms with van der Waals surface area (Å²) in [6.07, 6.45) is -4.46. The van der Waals surface area contributed by atoms with Crippen LogP contribution >= 0.6 is 0 Å². The SMILES string of the molecule is O=C(Nc1cccc(C(F)(F)F)c1)C1NNC2c3ccccc3OCC12. The third-order valence-electron chi connectivity index (χ3n) is 4.68. The maximum atomic E-state index is 12.8. The lowest BCUT2D eigenvalue weighted by Crippen LogP contribution is -2.43. The number of hydrogen-bond donors (Lipinski definition) is 3. The van der Waals surface area contributed by atoms with E-state index in [2.05, 4.69) is 16.2 Å². The molecule has 2 heterocycles. The average molecular weight is 363 g/mol. The summed E-state index contributed by atoms with van der Waals surface area (Å²) in [5, 5.41) is 2.56. The van der Waals surface area contributed by atoms with Crippen LogP contribution in [0.3, 0.4) is 0 Å². The zero-order valence-electron chi connectivity index (χ0n) is 13.5. The van der Waals surface area contributed by atoms with E-state index in [-0.39, 0.29) is 17.6 Å². The molecule has 2 aromatic carbocycles. The van der Waals surface area contributed by atoms with Gasteiger partial charge in [0.2, 0.25) is 5.91 Å². The minimum absolute atomic E-state index is 0.0998. The Bertz CT molecular complexity index is 840. The van der Waals surface area contributed by atoms with Crippen molar-refractivity contribution < 1.29 is 22.7 Å². The average Bonchev–Trinajstić information content (AvgIpc) is 3.06. The van der Waals surface area contributed by atoms with Crippen molar-refractivity contribution >= 4 is 11.6 Å². The lowest BCUT2D eigenvalue weighted by Gasteiger charge is -2.29. The second kappa shape index (κ2) is 6.30. The molecule has 0 aliphatic carbocycles. The summed E-state index contributed by atoms with van der Waals surface area (Å²) >= 11 is 0. The number of hydrazine groups is 1. The molecule has 0 spiro atoms. The van der Waals surface area contributed by atoms with Crippen molar-refractivity contribution in [3.05, 3.63) is 59.7 Å². The van der Waals surface area contributed by atoms with Gasteiger partial charge in [-0.25, -0.2) is 10.9 Å². The summed E-state index contributed by atoms with van der Waals surface area (Å²) in [4.78, 5) is 12.6. The van der Waals surface area contributed by atoms with Crippen molar-refractivity contribution in [2.24, 2.45) is 5.92 Å². The molecule has 1 saturated heterocycles. The molecule has 8 heteroatoms. The number of anilines is 1. The Morgan fingerprint density at radius 2 is 1.92 bits per heavy atom. The van der Waals surface area contributed by atoms with Crippen molar-refractivity contribution in [3.63, 3.8) is 0 Å². The van der Waals surface area contributed by atoms with Gasteiger partial charge in [0, 0.05) is 17.2 Å². The van der Waals surface area contributed by atoms with Crippen LogP contribution in [0.25, 0.3) is 0 Å². The molecule has 5 nitrogen and oxygen atoms in total. The fourth-order valence-corrected chi connectivity index (χ4v) is 3.40. The van der Waals surface area contributed by atoms with Gasteiger partial charge >= 0.3 is 6.18 Å². The first kappa shape index (κ1) is 16.9. The van der Waals surface area contributed by atoms with Gasteiger partial charge in [0.15, 0.2) is 0 Å². The summed E-state index contributed by atoms with van der Waals surface area (Å²) in [5.74, 6) is 0.185. The van der Waals surface area contributed by atoms with Gasteiger partial charge < -0.3 is 10.1 Å². The molecule has 0 bridgehead atoms. The number of hydrogen-bond acceptors (Lipinski definition) is 4. The fourth-order valence-electron chi connectivity index (χ4n) is 3.40. The number of rotatable bonds is 2. The van der Waals surface area contributed by atoms with Gasteiger partial charge in [-0.05, 0) is 24.3 Å². The molecular formula is C18H16F3N3O2. The standard InChI is InChI=1S/C18H16F3N3O2/c19-18(20,21)10-4-3-5-11(8-10)22-17(25)16-13-9-26-14-7-2-1-6-12(14)15(13)23-24-16/h1-8,13,15-16,23-24H,9H2,(H,22,25). The van der Waals surface area contributed by atoms with E-state index in [0.29, 0.717) is 6.61 Å². The first-order valence-corrected chi connectivity index (χ1v) is 8.14. The van der Waals surface area contributed by atoms with Crippen LogP contribution < -0.4 is 20.9 Å². The van der Waals surface area contributed by atoms with Crippen molar-refractivity contribution in [1.29, 1.82) is 0 Å². The summed E-state index contributed by atoms with van der Waals surface area (Å²) in [5.41, 5.74) is 6.28. The molecule has 2 aromatic rings. The van der Waals surface area contributed by atoms with E-state index in [1.54, 1.807) is 0 Å². The number of nitrogens with one attached hydrogen (secondary N) is 3. The summed E-state index contributed by atoms with van der Waals surface area (Å²) in [6.45, 7) is 0.336. The monoisotopic (exact) mass is 363 g/mol. The third-order valence-corrected chi connectivity index (χ3v) is 4.68. The van der Waals surface area contributed by atoms with Crippen LogP contribution in [-0.4, -0.2) is 18.6 Å². The highest BCUT2D eigenvalue weighted by molar-refractivity contribution is 5.95. The Morgan fingerprint density at radius 1 is 1.12 bits per heavy atom. The second-order valence-corrected chi connectivity index (χ2v) is 6.32. The summed E-state index contributed by atoms with van der Waals surface area (Å²) < 4.78 is 44.2. The van der Waals surface area contributed by atoms with Gasteiger partial charge in [0.05, 0.1) is 18.2 Å². The Morgan fingerprint density at radius 3 is 2.73 bits per heavy atom. The van der Waals surface area contributed by atoms with Crippen LogP contribution in [0.1, 0.15) is 17.2 Å². The minimum Gasteiger partial charge on any atom is -0.493 e. The molecule has 3 unspecified atom stereocenters. The number of halogens is 3. The van der Waals surface area contributed by atoms with Gasteiger partial charge in [0.25, 0.3) is 0 Å². The number of ether oxygens (including phenoxy) is 1. The highest BCUT2D eigenvalue weighted by Crippen LogP contribution is 2.39. The maximum absolute atomic E-state index is 12.8. The highest BCUT2D eigenvalue weighted by Gasteiger charge is 2.44.